The van der Waals surface area contributed by atoms with Crippen LogP contribution in [0.15, 0.2) is 78.4 Å². The molecule has 6 unspecified atom stereocenters. The molecule has 2 aromatic heterocycles. The van der Waals surface area contributed by atoms with E-state index in [9.17, 15) is 24.6 Å². The van der Waals surface area contributed by atoms with Gasteiger partial charge in [0.05, 0.1) is 34.7 Å². The number of imide groups is 2. The zero-order valence-corrected chi connectivity index (χ0v) is 33.4. The number of aryl methyl sites for hydroxylation is 2. The summed E-state index contributed by atoms with van der Waals surface area (Å²) in [5.41, 5.74) is 2.31. The van der Waals surface area contributed by atoms with E-state index in [2.05, 4.69) is 0 Å². The van der Waals surface area contributed by atoms with E-state index in [0.29, 0.717) is 35.1 Å². The summed E-state index contributed by atoms with van der Waals surface area (Å²) >= 11 is 7.89. The van der Waals surface area contributed by atoms with Crippen LogP contribution in [0.1, 0.15) is 49.3 Å². The molecule has 6 atom stereocenters. The molecule has 4 amide bonds. The van der Waals surface area contributed by atoms with Gasteiger partial charge in [0.2, 0.25) is 23.6 Å². The molecule has 2 N–H and O–H groups in total. The molecule has 2 aliphatic carbocycles. The van der Waals surface area contributed by atoms with Crippen molar-refractivity contribution in [1.29, 1.82) is 0 Å². The number of para-hydroxylation sites is 1. The molecule has 13 heteroatoms. The number of ether oxygens (including phenoxy) is 1. The van der Waals surface area contributed by atoms with Gasteiger partial charge < -0.3 is 14.9 Å². The highest BCUT2D eigenvalue weighted by atomic mass is 35.5. The molecule has 4 aliphatic rings. The van der Waals surface area contributed by atoms with Crippen LogP contribution in [0.5, 0.6) is 17.2 Å². The van der Waals surface area contributed by atoms with Gasteiger partial charge in [-0.05, 0) is 98.9 Å². The molecule has 292 valence electrons. The molecular formula is C44H41ClN4O7S. The highest BCUT2D eigenvalue weighted by Gasteiger charge is 2.68. The second-order valence-corrected chi connectivity index (χ2v) is 17.2. The van der Waals surface area contributed by atoms with Crippen molar-refractivity contribution in [1.82, 2.24) is 14.7 Å². The first-order valence-electron chi connectivity index (χ1n) is 19.2. The average Bonchev–Trinajstić information content (AvgIpc) is 3.86. The number of allylic oxidation sites excluding steroid dienone is 2. The fraction of sp³-hybridized carbons (Fsp3) is 0.341. The molecule has 1 saturated carbocycles. The Hall–Kier alpha value is -5.46. The Labute approximate surface area is 338 Å². The summed E-state index contributed by atoms with van der Waals surface area (Å²) in [5, 5.41) is 28.0. The number of thiophene rings is 1. The summed E-state index contributed by atoms with van der Waals surface area (Å²) < 4.78 is 8.39. The second-order valence-electron chi connectivity index (χ2n) is 15.7. The van der Waals surface area contributed by atoms with Crippen LogP contribution in [-0.4, -0.2) is 61.7 Å². The molecule has 2 aliphatic heterocycles. The smallest absolute Gasteiger partial charge is 0.242 e. The van der Waals surface area contributed by atoms with Gasteiger partial charge in [-0.1, -0.05) is 47.5 Å². The maximum absolute atomic E-state index is 15.2. The summed E-state index contributed by atoms with van der Waals surface area (Å²) in [6, 6.07) is 19.4. The molecule has 0 bridgehead atoms. The molecule has 0 spiro atoms. The van der Waals surface area contributed by atoms with E-state index in [0.717, 1.165) is 31.7 Å². The SMILES string of the molecule is CCOc1cccc(C2C3=CCC4C(=O)N(CCc5ccc(O)cc5)C(=O)C4C3CC3C(=O)N(c4cc(-c5sc6ccc(Cl)cc6c5C)nn4C)C(=O)C32C)c1O. The van der Waals surface area contributed by atoms with Crippen LogP contribution in [-0.2, 0) is 32.6 Å². The number of aromatic nitrogens is 2. The van der Waals surface area contributed by atoms with E-state index in [1.54, 1.807) is 78.5 Å². The molecule has 3 fully saturated rings. The van der Waals surface area contributed by atoms with Crippen LogP contribution < -0.4 is 9.64 Å². The number of amides is 4. The maximum atomic E-state index is 15.2. The summed E-state index contributed by atoms with van der Waals surface area (Å²) in [5.74, 6) is -4.37. The number of benzene rings is 3. The number of phenolic OH excluding ortho intramolecular Hbond substituents is 2. The molecule has 2 saturated heterocycles. The van der Waals surface area contributed by atoms with Crippen LogP contribution in [0.3, 0.4) is 0 Å². The Morgan fingerprint density at radius 3 is 2.51 bits per heavy atom. The number of anilines is 1. The summed E-state index contributed by atoms with van der Waals surface area (Å²) in [7, 11) is 1.71. The molecule has 11 nitrogen and oxygen atoms in total. The fourth-order valence-corrected chi connectivity index (χ4v) is 11.3. The van der Waals surface area contributed by atoms with E-state index in [-0.39, 0.29) is 48.4 Å². The van der Waals surface area contributed by atoms with Gasteiger partial charge in [-0.3, -0.25) is 28.8 Å². The van der Waals surface area contributed by atoms with Crippen molar-refractivity contribution in [2.75, 3.05) is 18.1 Å². The Kier molecular flexibility index (Phi) is 8.85. The van der Waals surface area contributed by atoms with Crippen molar-refractivity contribution in [3.05, 3.63) is 100 Å². The zero-order valence-electron chi connectivity index (χ0n) is 31.9. The number of hydrogen-bond donors (Lipinski definition) is 2. The number of rotatable bonds is 8. The lowest BCUT2D eigenvalue weighted by Gasteiger charge is -2.49. The first kappa shape index (κ1) is 37.1. The molecule has 5 aromatic rings. The van der Waals surface area contributed by atoms with Crippen molar-refractivity contribution in [3.63, 3.8) is 0 Å². The molecule has 9 rings (SSSR count). The summed E-state index contributed by atoms with van der Waals surface area (Å²) in [6.45, 7) is 6.09. The minimum atomic E-state index is -1.37. The number of halogens is 1. The lowest BCUT2D eigenvalue weighted by molar-refractivity contribution is -0.140. The second kappa shape index (κ2) is 13.6. The number of likely N-dealkylation sites (tertiary alicyclic amines) is 1. The normalized spacial score (nSPS) is 25.6. The van der Waals surface area contributed by atoms with E-state index >= 15 is 4.79 Å². The quantitative estimate of drug-likeness (QED) is 0.121. The first-order chi connectivity index (χ1) is 27.3. The van der Waals surface area contributed by atoms with Crippen molar-refractivity contribution in [2.24, 2.45) is 36.1 Å². The molecule has 4 heterocycles. The fourth-order valence-electron chi connectivity index (χ4n) is 10.0. The van der Waals surface area contributed by atoms with Crippen molar-refractivity contribution < 1.29 is 34.1 Å². The van der Waals surface area contributed by atoms with Crippen molar-refractivity contribution >= 4 is 62.5 Å². The predicted molar refractivity (Wildman–Crippen MR) is 216 cm³/mol. The third-order valence-corrected chi connectivity index (χ3v) is 14.3. The van der Waals surface area contributed by atoms with Gasteiger partial charge in [-0.2, -0.15) is 5.10 Å². The number of nitrogens with zero attached hydrogens (tertiary/aromatic N) is 4. The minimum absolute atomic E-state index is 0.126. The van der Waals surface area contributed by atoms with Gasteiger partial charge in [0.25, 0.3) is 0 Å². The highest BCUT2D eigenvalue weighted by Crippen LogP contribution is 2.65. The number of fused-ring (bicyclic) bond motifs is 5. The molecular weight excluding hydrogens is 764 g/mol. The zero-order chi connectivity index (χ0) is 40.1. The Morgan fingerprint density at radius 1 is 0.982 bits per heavy atom. The summed E-state index contributed by atoms with van der Waals surface area (Å²) in [6.07, 6.45) is 2.86. The van der Waals surface area contributed by atoms with Crippen molar-refractivity contribution in [2.45, 2.75) is 46.0 Å². The Bertz CT molecular complexity index is 2560. The number of phenols is 2. The Balaban J connectivity index is 1.12. The van der Waals surface area contributed by atoms with Gasteiger partial charge in [-0.15, -0.1) is 11.3 Å². The first-order valence-corrected chi connectivity index (χ1v) is 20.4. The third-order valence-electron chi connectivity index (χ3n) is 12.8. The van der Waals surface area contributed by atoms with Crippen LogP contribution >= 0.6 is 22.9 Å². The summed E-state index contributed by atoms with van der Waals surface area (Å²) in [4.78, 5) is 62.0. The largest absolute Gasteiger partial charge is 0.508 e. The lowest BCUT2D eigenvalue weighted by Crippen LogP contribution is -2.49. The number of aromatic hydroxyl groups is 2. The van der Waals surface area contributed by atoms with Gasteiger partial charge in [-0.25, -0.2) is 4.90 Å². The number of hydrogen-bond acceptors (Lipinski definition) is 9. The monoisotopic (exact) mass is 804 g/mol. The minimum Gasteiger partial charge on any atom is -0.508 e. The van der Waals surface area contributed by atoms with Crippen LogP contribution in [0.25, 0.3) is 20.7 Å². The highest BCUT2D eigenvalue weighted by molar-refractivity contribution is 7.22. The number of carbonyl (C=O) groups excluding carboxylic acids is 4. The number of carbonyl (C=O) groups is 4. The average molecular weight is 805 g/mol. The van der Waals surface area contributed by atoms with E-state index in [1.807, 2.05) is 38.1 Å². The standard InChI is InChI=1S/C44H41ClN4O7S/c1-5-56-33-8-6-7-28(38(33)51)37-26-14-15-27-36(42(54)48(40(27)52)18-17-23-9-12-25(50)13-10-23)30(26)20-31-41(53)49(43(55)44(31,37)3)35-21-32(46-47(35)4)39-22(2)29-19-24(45)11-16-34(29)57-39/h6-14,16,19,21,27,30-31,36-37,50-51H,5,15,17-18,20H2,1-4H3. The van der Waals surface area contributed by atoms with E-state index < -0.39 is 46.8 Å². The third kappa shape index (κ3) is 5.55. The lowest BCUT2D eigenvalue weighted by atomic mass is 9.51. The van der Waals surface area contributed by atoms with Crippen molar-refractivity contribution in [3.8, 4) is 27.8 Å². The van der Waals surface area contributed by atoms with E-state index in [4.69, 9.17) is 21.4 Å². The van der Waals surface area contributed by atoms with Gasteiger partial charge in [0, 0.05) is 40.9 Å². The van der Waals surface area contributed by atoms with E-state index in [1.165, 1.54) is 9.80 Å². The van der Waals surface area contributed by atoms with Gasteiger partial charge in [0.1, 0.15) is 17.3 Å². The Morgan fingerprint density at radius 2 is 1.75 bits per heavy atom. The molecule has 57 heavy (non-hydrogen) atoms. The van der Waals surface area contributed by atoms with Crippen LogP contribution in [0.4, 0.5) is 5.82 Å². The molecule has 3 aromatic carbocycles. The maximum Gasteiger partial charge on any atom is 0.242 e. The molecule has 0 radical (unpaired) electrons. The van der Waals surface area contributed by atoms with Crippen LogP contribution in [0, 0.1) is 36.0 Å². The predicted octanol–water partition coefficient (Wildman–Crippen LogP) is 7.55. The topological polar surface area (TPSA) is 142 Å². The van der Waals surface area contributed by atoms with Gasteiger partial charge in [0.15, 0.2) is 11.5 Å². The van der Waals surface area contributed by atoms with Gasteiger partial charge >= 0.3 is 0 Å². The van der Waals surface area contributed by atoms with Crippen LogP contribution in [0.2, 0.25) is 5.02 Å².